The van der Waals surface area contributed by atoms with Crippen molar-refractivity contribution in [2.45, 2.75) is 24.2 Å². The normalized spacial score (nSPS) is 13.3. The third-order valence-corrected chi connectivity index (χ3v) is 3.64. The predicted octanol–water partition coefficient (Wildman–Crippen LogP) is 4.68. The first-order valence-electron chi connectivity index (χ1n) is 5.72. The summed E-state index contributed by atoms with van der Waals surface area (Å²) in [5.41, 5.74) is 0.292. The molecule has 0 aliphatic heterocycles. The Balaban J connectivity index is 3.02. The lowest BCUT2D eigenvalue weighted by Gasteiger charge is -2.10. The molecule has 0 saturated heterocycles. The molecule has 0 aliphatic rings. The molecule has 0 fully saturated rings. The van der Waals surface area contributed by atoms with Gasteiger partial charge in [-0.1, -0.05) is 12.1 Å². The molecule has 22 heavy (non-hydrogen) atoms. The van der Waals surface area contributed by atoms with Gasteiger partial charge in [0.1, 0.15) is 5.76 Å². The van der Waals surface area contributed by atoms with Gasteiger partial charge in [-0.15, -0.1) is 11.8 Å². The van der Waals surface area contributed by atoms with Gasteiger partial charge in [0, 0.05) is 16.5 Å². The van der Waals surface area contributed by atoms with Crippen LogP contribution in [0.4, 0.5) is 26.3 Å². The first-order chi connectivity index (χ1) is 9.90. The second-order valence-electron chi connectivity index (χ2n) is 4.28. The first-order valence-corrected chi connectivity index (χ1v) is 6.71. The fraction of sp³-hybridized carbons (Fsp3) is 0.308. The Morgan fingerprint density at radius 2 is 1.82 bits per heavy atom. The van der Waals surface area contributed by atoms with Gasteiger partial charge in [0.15, 0.2) is 0 Å². The number of carbonyl (C=O) groups excluding carboxylic acids is 1. The van der Waals surface area contributed by atoms with Gasteiger partial charge in [-0.05, 0) is 18.6 Å². The Hall–Kier alpha value is -1.64. The summed E-state index contributed by atoms with van der Waals surface area (Å²) in [4.78, 5) is 10.9. The number of benzene rings is 1. The number of aliphatic hydroxyl groups excluding tert-OH is 1. The molecule has 0 aromatic heterocycles. The minimum Gasteiger partial charge on any atom is -0.507 e. The van der Waals surface area contributed by atoms with Crippen LogP contribution in [-0.2, 0) is 4.79 Å². The van der Waals surface area contributed by atoms with E-state index in [1.807, 2.05) is 0 Å². The molecule has 122 valence electrons. The van der Waals surface area contributed by atoms with Crippen molar-refractivity contribution in [3.8, 4) is 0 Å². The molecule has 0 bridgehead atoms. The van der Waals surface area contributed by atoms with Crippen LogP contribution in [0.1, 0.15) is 11.1 Å². The topological polar surface area (TPSA) is 37.3 Å². The number of aryl methyl sites for hydroxylation is 1. The van der Waals surface area contributed by atoms with E-state index in [4.69, 9.17) is 0 Å². The highest BCUT2D eigenvalue weighted by atomic mass is 32.2. The zero-order valence-corrected chi connectivity index (χ0v) is 11.9. The monoisotopic (exact) mass is 344 g/mol. The van der Waals surface area contributed by atoms with Gasteiger partial charge in [0.25, 0.3) is 5.78 Å². The Bertz CT molecular complexity index is 589. The Kier molecular flexibility index (Phi) is 5.55. The summed E-state index contributed by atoms with van der Waals surface area (Å²) < 4.78 is 72.8. The Morgan fingerprint density at radius 3 is 2.32 bits per heavy atom. The van der Waals surface area contributed by atoms with Crippen LogP contribution in [0.2, 0.25) is 0 Å². The van der Waals surface area contributed by atoms with Crippen molar-refractivity contribution in [2.75, 3.05) is 5.75 Å². The molecule has 0 spiro atoms. The second-order valence-corrected chi connectivity index (χ2v) is 5.29. The van der Waals surface area contributed by atoms with Gasteiger partial charge in [0.2, 0.25) is 0 Å². The summed E-state index contributed by atoms with van der Waals surface area (Å²) >= 11 is 0.440. The number of rotatable bonds is 4. The molecule has 0 radical (unpaired) electrons. The number of carbonyl (C=O) groups is 1. The predicted molar refractivity (Wildman–Crippen MR) is 69.6 cm³/mol. The smallest absolute Gasteiger partial charge is 0.454 e. The highest BCUT2D eigenvalue weighted by molar-refractivity contribution is 7.99. The third-order valence-electron chi connectivity index (χ3n) is 2.42. The molecular weight excluding hydrogens is 334 g/mol. The van der Waals surface area contributed by atoms with E-state index in [-0.39, 0.29) is 16.5 Å². The van der Waals surface area contributed by atoms with E-state index in [0.29, 0.717) is 17.3 Å². The number of allylic oxidation sites excluding steroid dienone is 1. The van der Waals surface area contributed by atoms with E-state index in [1.165, 1.54) is 19.1 Å². The maximum Gasteiger partial charge on any atom is 0.454 e. The van der Waals surface area contributed by atoms with Crippen molar-refractivity contribution in [3.05, 3.63) is 35.4 Å². The molecule has 1 aromatic rings. The van der Waals surface area contributed by atoms with Gasteiger partial charge in [-0.25, -0.2) is 0 Å². The molecule has 9 heteroatoms. The van der Waals surface area contributed by atoms with Crippen LogP contribution in [0.25, 0.3) is 5.76 Å². The van der Waals surface area contributed by atoms with Crippen LogP contribution in [0.5, 0.6) is 0 Å². The van der Waals surface area contributed by atoms with E-state index in [1.54, 1.807) is 0 Å². The van der Waals surface area contributed by atoms with Crippen molar-refractivity contribution in [3.63, 3.8) is 0 Å². The van der Waals surface area contributed by atoms with Crippen LogP contribution < -0.4 is 0 Å². The standard InChI is InChI=1S/C13H10F6O2S/c1-7-2-3-8(4-10(7)22-6-12(14,15)16)9(20)5-11(21)13(17,18)19/h2-5,20H,6H2,1H3. The number of hydrogen-bond acceptors (Lipinski definition) is 3. The maximum absolute atomic E-state index is 12.2. The Morgan fingerprint density at radius 1 is 1.23 bits per heavy atom. The van der Waals surface area contributed by atoms with Gasteiger partial charge >= 0.3 is 12.4 Å². The SMILES string of the molecule is Cc1ccc(C(O)=CC(=O)C(F)(F)F)cc1SCC(F)(F)F. The van der Waals surface area contributed by atoms with E-state index in [0.717, 1.165) is 6.07 Å². The van der Waals surface area contributed by atoms with E-state index in [9.17, 15) is 36.2 Å². The average Bonchev–Trinajstić information content (AvgIpc) is 2.35. The van der Waals surface area contributed by atoms with E-state index >= 15 is 0 Å². The quantitative estimate of drug-likeness (QED) is 0.373. The lowest BCUT2D eigenvalue weighted by atomic mass is 10.1. The lowest BCUT2D eigenvalue weighted by Crippen LogP contribution is -2.20. The van der Waals surface area contributed by atoms with Crippen LogP contribution in [-0.4, -0.2) is 29.0 Å². The molecule has 0 unspecified atom stereocenters. The van der Waals surface area contributed by atoms with Crippen molar-refractivity contribution in [2.24, 2.45) is 0 Å². The summed E-state index contributed by atoms with van der Waals surface area (Å²) in [5, 5.41) is 9.51. The molecule has 0 aliphatic carbocycles. The summed E-state index contributed by atoms with van der Waals surface area (Å²) in [6.07, 6.45) is -9.55. The number of hydrogen-bond donors (Lipinski definition) is 1. The maximum atomic E-state index is 12.2. The van der Waals surface area contributed by atoms with Crippen LogP contribution >= 0.6 is 11.8 Å². The summed E-state index contributed by atoms with van der Waals surface area (Å²) in [7, 11) is 0. The molecule has 0 amide bonds. The zero-order chi connectivity index (χ0) is 17.1. The van der Waals surface area contributed by atoms with Gasteiger partial charge in [-0.3, -0.25) is 4.79 Å². The summed E-state index contributed by atoms with van der Waals surface area (Å²) in [6, 6.07) is 3.65. The number of ketones is 1. The van der Waals surface area contributed by atoms with Crippen molar-refractivity contribution in [1.82, 2.24) is 0 Å². The second kappa shape index (κ2) is 6.64. The van der Waals surface area contributed by atoms with Gasteiger partial charge in [-0.2, -0.15) is 26.3 Å². The van der Waals surface area contributed by atoms with Crippen LogP contribution in [0.3, 0.4) is 0 Å². The lowest BCUT2D eigenvalue weighted by molar-refractivity contribution is -0.165. The Labute approximate surface area is 125 Å². The summed E-state index contributed by atoms with van der Waals surface area (Å²) in [5.74, 6) is -4.39. The van der Waals surface area contributed by atoms with Crippen molar-refractivity contribution in [1.29, 1.82) is 0 Å². The number of halogens is 6. The fourth-order valence-electron chi connectivity index (χ4n) is 1.36. The minimum atomic E-state index is -5.13. The van der Waals surface area contributed by atoms with E-state index in [2.05, 4.69) is 0 Å². The van der Waals surface area contributed by atoms with Crippen LogP contribution in [0, 0.1) is 6.92 Å². The van der Waals surface area contributed by atoms with Crippen molar-refractivity contribution >= 4 is 23.3 Å². The molecule has 1 rings (SSSR count). The molecule has 0 heterocycles. The summed E-state index contributed by atoms with van der Waals surface area (Å²) in [6.45, 7) is 1.52. The number of alkyl halides is 6. The zero-order valence-electron chi connectivity index (χ0n) is 11.0. The molecule has 1 N–H and O–H groups in total. The van der Waals surface area contributed by atoms with Crippen LogP contribution in [0.15, 0.2) is 29.2 Å². The number of aliphatic hydroxyl groups is 1. The fourth-order valence-corrected chi connectivity index (χ4v) is 2.19. The van der Waals surface area contributed by atoms with Crippen molar-refractivity contribution < 1.29 is 36.2 Å². The highest BCUT2D eigenvalue weighted by Crippen LogP contribution is 2.31. The average molecular weight is 344 g/mol. The highest BCUT2D eigenvalue weighted by Gasteiger charge is 2.37. The minimum absolute atomic E-state index is 0.0110. The molecule has 0 saturated carbocycles. The third kappa shape index (κ3) is 5.63. The molecular formula is C13H10F6O2S. The molecule has 0 atom stereocenters. The number of thioether (sulfide) groups is 1. The largest absolute Gasteiger partial charge is 0.507 e. The molecule has 2 nitrogen and oxygen atoms in total. The first kappa shape index (κ1) is 18.4. The van der Waals surface area contributed by atoms with Gasteiger partial charge < -0.3 is 5.11 Å². The van der Waals surface area contributed by atoms with Gasteiger partial charge in [0.05, 0.1) is 5.75 Å². The van der Waals surface area contributed by atoms with E-state index < -0.39 is 29.6 Å². The molecule has 1 aromatic carbocycles.